The SMILES string of the molecule is CN(C)c1ccc(N2CCC(Cc3cccc4ccccc34)CC2)cc1. The smallest absolute Gasteiger partial charge is 0.0367 e. The maximum absolute atomic E-state index is 2.54. The third kappa shape index (κ3) is 3.55. The van der Waals surface area contributed by atoms with Crippen LogP contribution in [0.2, 0.25) is 0 Å². The van der Waals surface area contributed by atoms with Gasteiger partial charge in [0.2, 0.25) is 0 Å². The standard InChI is InChI=1S/C24H28N2/c1-25(2)22-10-12-23(13-11-22)26-16-14-19(15-17-26)18-21-8-5-7-20-6-3-4-9-24(20)21/h3-13,19H,14-18H2,1-2H3. The number of hydrogen-bond donors (Lipinski definition) is 0. The van der Waals surface area contributed by atoms with Crippen molar-refractivity contribution < 1.29 is 0 Å². The Morgan fingerprint density at radius 1 is 0.846 bits per heavy atom. The van der Waals surface area contributed by atoms with Crippen LogP contribution < -0.4 is 9.80 Å². The Balaban J connectivity index is 1.40. The summed E-state index contributed by atoms with van der Waals surface area (Å²) >= 11 is 0. The zero-order chi connectivity index (χ0) is 17.9. The van der Waals surface area contributed by atoms with Gasteiger partial charge >= 0.3 is 0 Å². The zero-order valence-corrected chi connectivity index (χ0v) is 15.9. The van der Waals surface area contributed by atoms with Gasteiger partial charge in [0.15, 0.2) is 0 Å². The molecule has 26 heavy (non-hydrogen) atoms. The number of anilines is 2. The molecule has 0 saturated carbocycles. The molecule has 1 fully saturated rings. The normalized spacial score (nSPS) is 15.4. The van der Waals surface area contributed by atoms with Gasteiger partial charge in [0.25, 0.3) is 0 Å². The average Bonchev–Trinajstić information content (AvgIpc) is 2.69. The van der Waals surface area contributed by atoms with Gasteiger partial charge in [-0.15, -0.1) is 0 Å². The van der Waals surface area contributed by atoms with Crippen LogP contribution in [0.15, 0.2) is 66.7 Å². The third-order valence-electron chi connectivity index (χ3n) is 5.73. The lowest BCUT2D eigenvalue weighted by atomic mass is 9.88. The van der Waals surface area contributed by atoms with Crippen molar-refractivity contribution in [1.29, 1.82) is 0 Å². The molecule has 0 N–H and O–H groups in total. The summed E-state index contributed by atoms with van der Waals surface area (Å²) in [5, 5.41) is 2.79. The van der Waals surface area contributed by atoms with Gasteiger partial charge in [-0.1, -0.05) is 42.5 Å². The summed E-state index contributed by atoms with van der Waals surface area (Å²) in [6.07, 6.45) is 3.76. The molecule has 3 aromatic carbocycles. The molecular weight excluding hydrogens is 316 g/mol. The van der Waals surface area contributed by atoms with E-state index in [1.165, 1.54) is 47.0 Å². The monoisotopic (exact) mass is 344 g/mol. The summed E-state index contributed by atoms with van der Waals surface area (Å²) in [5.41, 5.74) is 4.13. The van der Waals surface area contributed by atoms with E-state index in [0.29, 0.717) is 0 Å². The predicted molar refractivity (Wildman–Crippen MR) is 113 cm³/mol. The number of fused-ring (bicyclic) bond motifs is 1. The summed E-state index contributed by atoms with van der Waals surface area (Å²) in [4.78, 5) is 4.69. The van der Waals surface area contributed by atoms with E-state index in [0.717, 1.165) is 19.0 Å². The van der Waals surface area contributed by atoms with E-state index in [4.69, 9.17) is 0 Å². The van der Waals surface area contributed by atoms with Crippen LogP contribution in [-0.2, 0) is 6.42 Å². The molecule has 0 radical (unpaired) electrons. The number of benzene rings is 3. The minimum absolute atomic E-state index is 0.790. The largest absolute Gasteiger partial charge is 0.378 e. The highest BCUT2D eigenvalue weighted by molar-refractivity contribution is 5.85. The Morgan fingerprint density at radius 3 is 2.27 bits per heavy atom. The molecule has 2 heteroatoms. The Bertz CT molecular complexity index is 854. The van der Waals surface area contributed by atoms with E-state index in [-0.39, 0.29) is 0 Å². The highest BCUT2D eigenvalue weighted by atomic mass is 15.1. The third-order valence-corrected chi connectivity index (χ3v) is 5.73. The summed E-state index contributed by atoms with van der Waals surface area (Å²) < 4.78 is 0. The lowest BCUT2D eigenvalue weighted by Crippen LogP contribution is -2.34. The van der Waals surface area contributed by atoms with Crippen LogP contribution in [0.1, 0.15) is 18.4 Å². The Morgan fingerprint density at radius 2 is 1.54 bits per heavy atom. The van der Waals surface area contributed by atoms with Crippen molar-refractivity contribution in [1.82, 2.24) is 0 Å². The first-order valence-electron chi connectivity index (χ1n) is 9.70. The molecule has 3 aromatic rings. The molecule has 0 atom stereocenters. The summed E-state index contributed by atoms with van der Waals surface area (Å²) in [7, 11) is 4.18. The van der Waals surface area contributed by atoms with Crippen LogP contribution in [-0.4, -0.2) is 27.2 Å². The highest BCUT2D eigenvalue weighted by Gasteiger charge is 2.20. The van der Waals surface area contributed by atoms with Crippen molar-refractivity contribution in [3.8, 4) is 0 Å². The molecule has 0 bridgehead atoms. The van der Waals surface area contributed by atoms with E-state index in [1.807, 2.05) is 0 Å². The predicted octanol–water partition coefficient (Wildman–Crippen LogP) is 5.36. The van der Waals surface area contributed by atoms with Crippen molar-refractivity contribution in [3.63, 3.8) is 0 Å². The molecule has 1 aliphatic rings. The van der Waals surface area contributed by atoms with Crippen molar-refractivity contribution in [2.75, 3.05) is 37.0 Å². The van der Waals surface area contributed by atoms with E-state index < -0.39 is 0 Å². The lowest BCUT2D eigenvalue weighted by Gasteiger charge is -2.34. The van der Waals surface area contributed by atoms with Crippen LogP contribution in [0, 0.1) is 5.92 Å². The molecule has 0 spiro atoms. The Kier molecular flexibility index (Phi) is 4.83. The fraction of sp³-hybridized carbons (Fsp3) is 0.333. The minimum atomic E-state index is 0.790. The van der Waals surface area contributed by atoms with Crippen molar-refractivity contribution in [2.45, 2.75) is 19.3 Å². The zero-order valence-electron chi connectivity index (χ0n) is 15.9. The molecule has 1 aliphatic heterocycles. The average molecular weight is 345 g/mol. The molecule has 1 heterocycles. The number of nitrogens with zero attached hydrogens (tertiary/aromatic N) is 2. The van der Waals surface area contributed by atoms with Gasteiger partial charge in [-0.05, 0) is 65.8 Å². The van der Waals surface area contributed by atoms with Gasteiger partial charge in [0.1, 0.15) is 0 Å². The fourth-order valence-electron chi connectivity index (χ4n) is 4.14. The quantitative estimate of drug-likeness (QED) is 0.628. The number of rotatable bonds is 4. The summed E-state index contributed by atoms with van der Waals surface area (Å²) in [6.45, 7) is 2.33. The van der Waals surface area contributed by atoms with Crippen LogP contribution in [0.3, 0.4) is 0 Å². The van der Waals surface area contributed by atoms with Gasteiger partial charge in [0, 0.05) is 38.6 Å². The molecular formula is C24H28N2. The molecule has 134 valence electrons. The van der Waals surface area contributed by atoms with Gasteiger partial charge in [-0.2, -0.15) is 0 Å². The number of piperidine rings is 1. The Labute approximate surface area is 157 Å². The molecule has 0 amide bonds. The van der Waals surface area contributed by atoms with Crippen LogP contribution in [0.25, 0.3) is 10.8 Å². The minimum Gasteiger partial charge on any atom is -0.378 e. The molecule has 0 aliphatic carbocycles. The van der Waals surface area contributed by atoms with E-state index in [2.05, 4.69) is 90.6 Å². The fourth-order valence-corrected chi connectivity index (χ4v) is 4.14. The first kappa shape index (κ1) is 17.0. The van der Waals surface area contributed by atoms with Crippen molar-refractivity contribution in [3.05, 3.63) is 72.3 Å². The van der Waals surface area contributed by atoms with Crippen LogP contribution in [0.4, 0.5) is 11.4 Å². The molecule has 4 rings (SSSR count). The number of hydrogen-bond acceptors (Lipinski definition) is 2. The lowest BCUT2D eigenvalue weighted by molar-refractivity contribution is 0.404. The second-order valence-electron chi connectivity index (χ2n) is 7.68. The van der Waals surface area contributed by atoms with Crippen molar-refractivity contribution in [2.24, 2.45) is 5.92 Å². The second kappa shape index (κ2) is 7.41. The maximum Gasteiger partial charge on any atom is 0.0367 e. The summed E-state index contributed by atoms with van der Waals surface area (Å²) in [5.74, 6) is 0.790. The van der Waals surface area contributed by atoms with Gasteiger partial charge in [0.05, 0.1) is 0 Å². The Hall–Kier alpha value is -2.48. The van der Waals surface area contributed by atoms with E-state index >= 15 is 0 Å². The first-order chi connectivity index (χ1) is 12.7. The molecule has 1 saturated heterocycles. The maximum atomic E-state index is 2.54. The molecule has 2 nitrogen and oxygen atoms in total. The second-order valence-corrected chi connectivity index (χ2v) is 7.68. The van der Waals surface area contributed by atoms with E-state index in [9.17, 15) is 0 Å². The summed E-state index contributed by atoms with van der Waals surface area (Å²) in [6, 6.07) is 24.5. The van der Waals surface area contributed by atoms with E-state index in [1.54, 1.807) is 0 Å². The van der Waals surface area contributed by atoms with Gasteiger partial charge in [-0.25, -0.2) is 0 Å². The molecule has 0 unspecified atom stereocenters. The topological polar surface area (TPSA) is 6.48 Å². The van der Waals surface area contributed by atoms with Crippen molar-refractivity contribution >= 4 is 22.1 Å². The van der Waals surface area contributed by atoms with Gasteiger partial charge < -0.3 is 9.80 Å². The molecule has 0 aromatic heterocycles. The van der Waals surface area contributed by atoms with Crippen LogP contribution >= 0.6 is 0 Å². The highest BCUT2D eigenvalue weighted by Crippen LogP contribution is 2.29. The van der Waals surface area contributed by atoms with Crippen LogP contribution in [0.5, 0.6) is 0 Å². The first-order valence-corrected chi connectivity index (χ1v) is 9.70. The van der Waals surface area contributed by atoms with Gasteiger partial charge in [-0.3, -0.25) is 0 Å².